The Morgan fingerprint density at radius 3 is 2.16 bits per heavy atom. The van der Waals surface area contributed by atoms with Crippen LogP contribution < -0.4 is 0 Å². The van der Waals surface area contributed by atoms with E-state index in [1.54, 1.807) is 13.8 Å². The van der Waals surface area contributed by atoms with Gasteiger partial charge in [0.05, 0.1) is 5.41 Å². The Hall–Kier alpha value is -2.09. The predicted molar refractivity (Wildman–Crippen MR) is 77.3 cm³/mol. The number of carbonyl (C=O) groups is 1. The van der Waals surface area contributed by atoms with E-state index < -0.39 is 11.4 Å². The molecule has 2 aromatic carbocycles. The van der Waals surface area contributed by atoms with Crippen molar-refractivity contribution in [2.75, 3.05) is 0 Å². The molecule has 0 fully saturated rings. The van der Waals surface area contributed by atoms with Crippen molar-refractivity contribution in [3.05, 3.63) is 59.7 Å². The predicted octanol–water partition coefficient (Wildman–Crippen LogP) is 4.02. The van der Waals surface area contributed by atoms with Crippen LogP contribution in [0.3, 0.4) is 0 Å². The summed E-state index contributed by atoms with van der Waals surface area (Å²) in [5.74, 6) is -0.811. The van der Waals surface area contributed by atoms with Crippen LogP contribution in [0.25, 0.3) is 11.1 Å². The number of rotatable bonds is 3. The van der Waals surface area contributed by atoms with E-state index in [-0.39, 0.29) is 0 Å². The summed E-state index contributed by atoms with van der Waals surface area (Å²) in [5, 5.41) is 9.30. The Morgan fingerprint density at radius 2 is 1.58 bits per heavy atom. The van der Waals surface area contributed by atoms with Crippen LogP contribution in [0.1, 0.15) is 25.0 Å². The highest BCUT2D eigenvalue weighted by molar-refractivity contribution is 5.81. The van der Waals surface area contributed by atoms with E-state index >= 15 is 0 Å². The van der Waals surface area contributed by atoms with E-state index in [1.165, 1.54) is 5.56 Å². The van der Waals surface area contributed by atoms with Crippen LogP contribution in [0.15, 0.2) is 48.5 Å². The number of benzene rings is 2. The molecule has 0 saturated carbocycles. The molecule has 0 radical (unpaired) electrons. The molecule has 0 saturated heterocycles. The van der Waals surface area contributed by atoms with Gasteiger partial charge in [-0.3, -0.25) is 4.79 Å². The summed E-state index contributed by atoms with van der Waals surface area (Å²) in [7, 11) is 0. The molecular formula is C17H18O2. The van der Waals surface area contributed by atoms with Gasteiger partial charge >= 0.3 is 5.97 Å². The van der Waals surface area contributed by atoms with Gasteiger partial charge in [0.2, 0.25) is 0 Å². The molecule has 2 nitrogen and oxygen atoms in total. The average Bonchev–Trinajstić information content (AvgIpc) is 2.38. The molecule has 2 heteroatoms. The van der Waals surface area contributed by atoms with Gasteiger partial charge in [-0.1, -0.05) is 54.1 Å². The van der Waals surface area contributed by atoms with Gasteiger partial charge in [-0.25, -0.2) is 0 Å². The van der Waals surface area contributed by atoms with E-state index in [4.69, 9.17) is 0 Å². The molecule has 0 unspecified atom stereocenters. The summed E-state index contributed by atoms with van der Waals surface area (Å²) in [6.45, 7) is 5.50. The molecule has 2 rings (SSSR count). The quantitative estimate of drug-likeness (QED) is 0.898. The number of hydrogen-bond acceptors (Lipinski definition) is 1. The monoisotopic (exact) mass is 254 g/mol. The van der Waals surface area contributed by atoms with Crippen LogP contribution in [-0.2, 0) is 10.2 Å². The number of aryl methyl sites for hydroxylation is 1. The first-order valence-corrected chi connectivity index (χ1v) is 6.32. The zero-order chi connectivity index (χ0) is 14.0. The lowest BCUT2D eigenvalue weighted by Gasteiger charge is -2.20. The van der Waals surface area contributed by atoms with E-state index in [9.17, 15) is 9.90 Å². The molecule has 2 aromatic rings. The Kier molecular flexibility index (Phi) is 3.43. The second kappa shape index (κ2) is 4.88. The van der Waals surface area contributed by atoms with Gasteiger partial charge in [-0.15, -0.1) is 0 Å². The molecule has 0 aliphatic heterocycles. The molecule has 19 heavy (non-hydrogen) atoms. The molecule has 0 atom stereocenters. The number of hydrogen-bond donors (Lipinski definition) is 1. The van der Waals surface area contributed by atoms with Crippen LogP contribution in [0.4, 0.5) is 0 Å². The van der Waals surface area contributed by atoms with E-state index in [2.05, 4.69) is 19.1 Å². The maximum Gasteiger partial charge on any atom is 0.313 e. The van der Waals surface area contributed by atoms with Gasteiger partial charge in [0, 0.05) is 0 Å². The Balaban J connectivity index is 2.48. The zero-order valence-electron chi connectivity index (χ0n) is 11.5. The van der Waals surface area contributed by atoms with Gasteiger partial charge in [0.15, 0.2) is 0 Å². The topological polar surface area (TPSA) is 37.3 Å². The Labute approximate surface area is 113 Å². The van der Waals surface area contributed by atoms with E-state index in [0.29, 0.717) is 0 Å². The standard InChI is InChI=1S/C17H18O2/c1-12-6-4-7-13(10-12)14-8-5-9-15(11-14)17(2,3)16(18)19/h4-11H,1-3H3,(H,18,19). The fraction of sp³-hybridized carbons (Fsp3) is 0.235. The lowest BCUT2D eigenvalue weighted by molar-refractivity contribution is -0.142. The summed E-state index contributed by atoms with van der Waals surface area (Å²) >= 11 is 0. The summed E-state index contributed by atoms with van der Waals surface area (Å²) in [6.07, 6.45) is 0. The fourth-order valence-corrected chi connectivity index (χ4v) is 2.04. The first kappa shape index (κ1) is 13.3. The second-order valence-electron chi connectivity index (χ2n) is 5.38. The summed E-state index contributed by atoms with van der Waals surface area (Å²) in [5.41, 5.74) is 3.30. The summed E-state index contributed by atoms with van der Waals surface area (Å²) in [4.78, 5) is 11.3. The van der Waals surface area contributed by atoms with Crippen molar-refractivity contribution in [1.29, 1.82) is 0 Å². The largest absolute Gasteiger partial charge is 0.481 e. The lowest BCUT2D eigenvalue weighted by Crippen LogP contribution is -2.28. The smallest absolute Gasteiger partial charge is 0.313 e. The minimum atomic E-state index is -0.875. The number of carboxylic acid groups (broad SMARTS) is 1. The van der Waals surface area contributed by atoms with Crippen LogP contribution in [0, 0.1) is 6.92 Å². The Morgan fingerprint density at radius 1 is 1.00 bits per heavy atom. The fourth-order valence-electron chi connectivity index (χ4n) is 2.04. The Bertz CT molecular complexity index is 612. The van der Waals surface area contributed by atoms with Gasteiger partial charge < -0.3 is 5.11 Å². The first-order valence-electron chi connectivity index (χ1n) is 6.32. The highest BCUT2D eigenvalue weighted by Crippen LogP contribution is 2.28. The molecule has 0 spiro atoms. The van der Waals surface area contributed by atoms with Crippen LogP contribution >= 0.6 is 0 Å². The van der Waals surface area contributed by atoms with Crippen LogP contribution in [0.2, 0.25) is 0 Å². The minimum Gasteiger partial charge on any atom is -0.481 e. The molecule has 0 bridgehead atoms. The molecule has 98 valence electrons. The first-order chi connectivity index (χ1) is 8.91. The van der Waals surface area contributed by atoms with Crippen molar-refractivity contribution in [3.63, 3.8) is 0 Å². The highest BCUT2D eigenvalue weighted by Gasteiger charge is 2.29. The zero-order valence-corrected chi connectivity index (χ0v) is 11.5. The van der Waals surface area contributed by atoms with Crippen molar-refractivity contribution >= 4 is 5.97 Å². The van der Waals surface area contributed by atoms with Crippen molar-refractivity contribution in [2.24, 2.45) is 0 Å². The second-order valence-corrected chi connectivity index (χ2v) is 5.38. The van der Waals surface area contributed by atoms with Crippen LogP contribution in [0.5, 0.6) is 0 Å². The maximum atomic E-state index is 11.3. The summed E-state index contributed by atoms with van der Waals surface area (Å²) in [6, 6.07) is 16.0. The van der Waals surface area contributed by atoms with Crippen molar-refractivity contribution in [1.82, 2.24) is 0 Å². The average molecular weight is 254 g/mol. The van der Waals surface area contributed by atoms with Crippen molar-refractivity contribution in [3.8, 4) is 11.1 Å². The van der Waals surface area contributed by atoms with Gasteiger partial charge in [0.1, 0.15) is 0 Å². The van der Waals surface area contributed by atoms with Gasteiger partial charge in [0.25, 0.3) is 0 Å². The molecule has 0 amide bonds. The SMILES string of the molecule is Cc1cccc(-c2cccc(C(C)(C)C(=O)O)c2)c1. The third kappa shape index (κ3) is 2.68. The van der Waals surface area contributed by atoms with Gasteiger partial charge in [-0.2, -0.15) is 0 Å². The molecule has 0 aliphatic rings. The number of carboxylic acids is 1. The normalized spacial score (nSPS) is 11.3. The maximum absolute atomic E-state index is 11.3. The van der Waals surface area contributed by atoms with Crippen molar-refractivity contribution < 1.29 is 9.90 Å². The summed E-state index contributed by atoms with van der Waals surface area (Å²) < 4.78 is 0. The van der Waals surface area contributed by atoms with Gasteiger partial charge in [-0.05, 0) is 37.5 Å². The highest BCUT2D eigenvalue weighted by atomic mass is 16.4. The third-order valence-corrected chi connectivity index (χ3v) is 3.47. The minimum absolute atomic E-state index is 0.811. The van der Waals surface area contributed by atoms with Crippen LogP contribution in [-0.4, -0.2) is 11.1 Å². The van der Waals surface area contributed by atoms with E-state index in [1.807, 2.05) is 36.4 Å². The molecular weight excluding hydrogens is 236 g/mol. The molecule has 0 aromatic heterocycles. The number of aliphatic carboxylic acids is 1. The molecule has 0 aliphatic carbocycles. The van der Waals surface area contributed by atoms with E-state index in [0.717, 1.165) is 16.7 Å². The lowest BCUT2D eigenvalue weighted by atomic mass is 9.83. The van der Waals surface area contributed by atoms with Crippen molar-refractivity contribution in [2.45, 2.75) is 26.2 Å². The molecule has 1 N–H and O–H groups in total. The molecule has 0 heterocycles. The third-order valence-electron chi connectivity index (χ3n) is 3.47.